The fourth-order valence-corrected chi connectivity index (χ4v) is 2.26. The summed E-state index contributed by atoms with van der Waals surface area (Å²) in [6.07, 6.45) is 1.45. The average molecular weight is 300 g/mol. The Labute approximate surface area is 130 Å². The predicted octanol–water partition coefficient (Wildman–Crippen LogP) is 1.25. The van der Waals surface area contributed by atoms with Crippen molar-refractivity contribution in [2.24, 2.45) is 0 Å². The number of nitriles is 1. The van der Waals surface area contributed by atoms with Gasteiger partial charge in [0.2, 0.25) is 0 Å². The average Bonchev–Trinajstić information content (AvgIpc) is 2.56. The molecule has 1 amide bonds. The highest BCUT2D eigenvalue weighted by Gasteiger charge is 2.20. The highest BCUT2D eigenvalue weighted by molar-refractivity contribution is 5.97. The molecule has 1 fully saturated rings. The molecule has 2 rings (SSSR count). The number of carbonyl (C=O) groups excluding carboxylic acids is 1. The Morgan fingerprint density at radius 3 is 2.82 bits per heavy atom. The van der Waals surface area contributed by atoms with E-state index in [2.05, 4.69) is 10.6 Å². The summed E-state index contributed by atoms with van der Waals surface area (Å²) in [5, 5.41) is 15.4. The maximum Gasteiger partial charge on any atom is 0.266 e. The fourth-order valence-electron chi connectivity index (χ4n) is 2.26. The Hall–Kier alpha value is -2.52. The molecule has 0 unspecified atom stereocenters. The van der Waals surface area contributed by atoms with Crippen LogP contribution < -0.4 is 15.4 Å². The van der Waals surface area contributed by atoms with Gasteiger partial charge in [-0.05, 0) is 24.6 Å². The number of benzene rings is 1. The Bertz CT molecular complexity index is 613. The lowest BCUT2D eigenvalue weighted by molar-refractivity contribution is -0.127. The van der Waals surface area contributed by atoms with Gasteiger partial charge in [0, 0.05) is 32.4 Å². The van der Waals surface area contributed by atoms with Crippen LogP contribution >= 0.6 is 0 Å². The minimum absolute atomic E-state index is 0.0884. The summed E-state index contributed by atoms with van der Waals surface area (Å²) in [7, 11) is 1.58. The third-order valence-electron chi connectivity index (χ3n) is 3.48. The number of ether oxygens (including phenoxy) is 1. The van der Waals surface area contributed by atoms with E-state index < -0.39 is 0 Å². The number of methoxy groups -OCH3 is 1. The van der Waals surface area contributed by atoms with Crippen molar-refractivity contribution in [1.29, 1.82) is 5.26 Å². The number of aryl methyl sites for hydroxylation is 1. The lowest BCUT2D eigenvalue weighted by Crippen LogP contribution is -2.46. The Balaban J connectivity index is 2.14. The lowest BCUT2D eigenvalue weighted by Gasteiger charge is -2.27. The number of nitrogens with one attached hydrogen (secondary N) is 2. The fraction of sp³-hybridized carbons (Fsp3) is 0.375. The minimum Gasteiger partial charge on any atom is -0.495 e. The van der Waals surface area contributed by atoms with Crippen molar-refractivity contribution in [3.05, 3.63) is 35.5 Å². The first-order valence-corrected chi connectivity index (χ1v) is 7.17. The molecule has 0 bridgehead atoms. The number of nitrogens with zero attached hydrogens (tertiary/aromatic N) is 2. The standard InChI is InChI=1S/C16H20N4O2/c1-12-3-4-15(22-2)14(9-12)19-11-13(10-17)16(21)20-7-5-18-6-8-20/h3-4,9,11,18-19H,5-8H2,1-2H3/b13-11-. The van der Waals surface area contributed by atoms with Crippen molar-refractivity contribution in [3.8, 4) is 11.8 Å². The van der Waals surface area contributed by atoms with E-state index >= 15 is 0 Å². The molecular weight excluding hydrogens is 280 g/mol. The van der Waals surface area contributed by atoms with Crippen molar-refractivity contribution in [2.75, 3.05) is 38.6 Å². The molecule has 0 radical (unpaired) electrons. The van der Waals surface area contributed by atoms with Crippen LogP contribution in [-0.4, -0.2) is 44.1 Å². The highest BCUT2D eigenvalue weighted by Crippen LogP contribution is 2.25. The molecule has 6 nitrogen and oxygen atoms in total. The summed E-state index contributed by atoms with van der Waals surface area (Å²) >= 11 is 0. The summed E-state index contributed by atoms with van der Waals surface area (Å²) in [6.45, 7) is 4.70. The summed E-state index contributed by atoms with van der Waals surface area (Å²) in [5.41, 5.74) is 1.87. The quantitative estimate of drug-likeness (QED) is 0.646. The van der Waals surface area contributed by atoms with Crippen LogP contribution in [0, 0.1) is 18.3 Å². The molecule has 1 aromatic carbocycles. The second-order valence-corrected chi connectivity index (χ2v) is 5.06. The van der Waals surface area contributed by atoms with Crippen LogP contribution in [0.5, 0.6) is 5.75 Å². The Morgan fingerprint density at radius 2 is 2.18 bits per heavy atom. The molecule has 0 aromatic heterocycles. The maximum atomic E-state index is 12.3. The van der Waals surface area contributed by atoms with E-state index in [9.17, 15) is 10.1 Å². The van der Waals surface area contributed by atoms with Gasteiger partial charge in [-0.25, -0.2) is 0 Å². The van der Waals surface area contributed by atoms with Crippen LogP contribution in [-0.2, 0) is 4.79 Å². The predicted molar refractivity (Wildman–Crippen MR) is 84.5 cm³/mol. The van der Waals surface area contributed by atoms with Crippen molar-refractivity contribution in [3.63, 3.8) is 0 Å². The molecule has 0 saturated carbocycles. The van der Waals surface area contributed by atoms with Crippen LogP contribution in [0.25, 0.3) is 0 Å². The molecule has 1 heterocycles. The van der Waals surface area contributed by atoms with Crippen molar-refractivity contribution >= 4 is 11.6 Å². The number of amides is 1. The molecule has 0 atom stereocenters. The molecule has 1 aromatic rings. The van der Waals surface area contributed by atoms with E-state index in [0.29, 0.717) is 18.8 Å². The number of anilines is 1. The topological polar surface area (TPSA) is 77.4 Å². The molecular formula is C16H20N4O2. The number of carbonyl (C=O) groups is 1. The molecule has 22 heavy (non-hydrogen) atoms. The SMILES string of the molecule is COc1ccc(C)cc1N/C=C(/C#N)C(=O)N1CCNCC1. The first kappa shape index (κ1) is 15.9. The van der Waals surface area contributed by atoms with E-state index in [1.165, 1.54) is 6.20 Å². The van der Waals surface area contributed by atoms with Crippen LogP contribution in [0.2, 0.25) is 0 Å². The first-order chi connectivity index (χ1) is 10.7. The maximum absolute atomic E-state index is 12.3. The van der Waals surface area contributed by atoms with Gasteiger partial charge < -0.3 is 20.3 Å². The Morgan fingerprint density at radius 1 is 1.45 bits per heavy atom. The number of hydrogen-bond donors (Lipinski definition) is 2. The van der Waals surface area contributed by atoms with Gasteiger partial charge in [-0.1, -0.05) is 6.07 Å². The summed E-state index contributed by atoms with van der Waals surface area (Å²) in [4.78, 5) is 14.0. The molecule has 6 heteroatoms. The third kappa shape index (κ3) is 3.77. The molecule has 0 aliphatic carbocycles. The number of rotatable bonds is 4. The summed E-state index contributed by atoms with van der Waals surface area (Å²) in [6, 6.07) is 7.65. The van der Waals surface area contributed by atoms with Gasteiger partial charge in [-0.2, -0.15) is 5.26 Å². The molecule has 116 valence electrons. The van der Waals surface area contributed by atoms with Crippen molar-refractivity contribution in [2.45, 2.75) is 6.92 Å². The van der Waals surface area contributed by atoms with Crippen molar-refractivity contribution < 1.29 is 9.53 Å². The van der Waals surface area contributed by atoms with Gasteiger partial charge in [-0.15, -0.1) is 0 Å². The smallest absolute Gasteiger partial charge is 0.266 e. The molecule has 1 aliphatic rings. The molecule has 1 aliphatic heterocycles. The lowest BCUT2D eigenvalue weighted by atomic mass is 10.2. The molecule has 1 saturated heterocycles. The zero-order valence-corrected chi connectivity index (χ0v) is 12.8. The van der Waals surface area contributed by atoms with Gasteiger partial charge in [0.05, 0.1) is 12.8 Å². The third-order valence-corrected chi connectivity index (χ3v) is 3.48. The monoisotopic (exact) mass is 300 g/mol. The Kier molecular flexibility index (Phi) is 5.39. The highest BCUT2D eigenvalue weighted by atomic mass is 16.5. The minimum atomic E-state index is -0.247. The van der Waals surface area contributed by atoms with Crippen LogP contribution in [0.15, 0.2) is 30.0 Å². The van der Waals surface area contributed by atoms with Gasteiger partial charge in [-0.3, -0.25) is 4.79 Å². The molecule has 0 spiro atoms. The van der Waals surface area contributed by atoms with Gasteiger partial charge >= 0.3 is 0 Å². The second-order valence-electron chi connectivity index (χ2n) is 5.06. The van der Waals surface area contributed by atoms with Gasteiger partial charge in [0.1, 0.15) is 17.4 Å². The largest absolute Gasteiger partial charge is 0.495 e. The van der Waals surface area contributed by atoms with E-state index in [1.54, 1.807) is 12.0 Å². The zero-order chi connectivity index (χ0) is 15.9. The number of hydrogen-bond acceptors (Lipinski definition) is 5. The summed E-state index contributed by atoms with van der Waals surface area (Å²) < 4.78 is 5.26. The number of piperazine rings is 1. The van der Waals surface area contributed by atoms with E-state index in [4.69, 9.17) is 4.74 Å². The van der Waals surface area contributed by atoms with Crippen LogP contribution in [0.3, 0.4) is 0 Å². The molecule has 2 N–H and O–H groups in total. The normalized spacial score (nSPS) is 15.1. The van der Waals surface area contributed by atoms with Gasteiger partial charge in [0.15, 0.2) is 0 Å². The first-order valence-electron chi connectivity index (χ1n) is 7.17. The van der Waals surface area contributed by atoms with Crippen LogP contribution in [0.4, 0.5) is 5.69 Å². The summed E-state index contributed by atoms with van der Waals surface area (Å²) in [5.74, 6) is 0.414. The van der Waals surface area contributed by atoms with E-state index in [1.807, 2.05) is 31.2 Å². The van der Waals surface area contributed by atoms with E-state index in [0.717, 1.165) is 24.3 Å². The van der Waals surface area contributed by atoms with Crippen molar-refractivity contribution in [1.82, 2.24) is 10.2 Å². The van der Waals surface area contributed by atoms with E-state index in [-0.39, 0.29) is 11.5 Å². The van der Waals surface area contributed by atoms with Crippen LogP contribution in [0.1, 0.15) is 5.56 Å². The van der Waals surface area contributed by atoms with Gasteiger partial charge in [0.25, 0.3) is 5.91 Å². The second kappa shape index (κ2) is 7.48. The zero-order valence-electron chi connectivity index (χ0n) is 12.8.